The molecule has 1 heteroatoms. The molecular formula is C19H20O. The van der Waals surface area contributed by atoms with Gasteiger partial charge in [-0.05, 0) is 36.5 Å². The third-order valence-corrected chi connectivity index (χ3v) is 3.20. The van der Waals surface area contributed by atoms with Crippen molar-refractivity contribution in [1.29, 1.82) is 0 Å². The second-order valence-electron chi connectivity index (χ2n) is 4.91. The molecule has 1 nitrogen and oxygen atoms in total. The second kappa shape index (κ2) is 8.11. The van der Waals surface area contributed by atoms with E-state index >= 15 is 0 Å². The van der Waals surface area contributed by atoms with Crippen LogP contribution >= 0.6 is 0 Å². The quantitative estimate of drug-likeness (QED) is 0.536. The van der Waals surface area contributed by atoms with Gasteiger partial charge in [-0.25, -0.2) is 0 Å². The van der Waals surface area contributed by atoms with Gasteiger partial charge in [0, 0.05) is 6.42 Å². The number of aryl methyl sites for hydroxylation is 1. The summed E-state index contributed by atoms with van der Waals surface area (Å²) in [5.41, 5.74) is 2.43. The van der Waals surface area contributed by atoms with E-state index in [0.29, 0.717) is 6.42 Å². The van der Waals surface area contributed by atoms with E-state index in [1.807, 2.05) is 42.5 Å². The first-order valence-electron chi connectivity index (χ1n) is 7.12. The third-order valence-electron chi connectivity index (χ3n) is 3.20. The van der Waals surface area contributed by atoms with Gasteiger partial charge in [-0.1, -0.05) is 66.7 Å². The summed E-state index contributed by atoms with van der Waals surface area (Å²) in [5, 5.41) is 0. The van der Waals surface area contributed by atoms with Crippen molar-refractivity contribution in [3.63, 3.8) is 0 Å². The van der Waals surface area contributed by atoms with Crippen molar-refractivity contribution in [2.45, 2.75) is 25.7 Å². The lowest BCUT2D eigenvalue weighted by Gasteiger charge is -1.98. The molecule has 0 amide bonds. The van der Waals surface area contributed by atoms with Crippen molar-refractivity contribution in [3.8, 4) is 0 Å². The van der Waals surface area contributed by atoms with Gasteiger partial charge in [0.15, 0.2) is 5.78 Å². The first-order chi connectivity index (χ1) is 9.84. The van der Waals surface area contributed by atoms with E-state index in [2.05, 4.69) is 24.3 Å². The Balaban J connectivity index is 1.67. The maximum atomic E-state index is 11.8. The van der Waals surface area contributed by atoms with E-state index in [1.165, 1.54) is 5.56 Å². The van der Waals surface area contributed by atoms with E-state index in [0.717, 1.165) is 24.8 Å². The highest BCUT2D eigenvalue weighted by atomic mass is 16.1. The van der Waals surface area contributed by atoms with Gasteiger partial charge < -0.3 is 0 Å². The Morgan fingerprint density at radius 1 is 0.850 bits per heavy atom. The molecule has 0 fully saturated rings. The topological polar surface area (TPSA) is 17.1 Å². The smallest absolute Gasteiger partial charge is 0.159 e. The number of carbonyl (C=O) groups excluding carboxylic acids is 1. The minimum absolute atomic E-state index is 0.177. The molecule has 0 saturated heterocycles. The van der Waals surface area contributed by atoms with E-state index < -0.39 is 0 Å². The molecule has 0 unspecified atom stereocenters. The van der Waals surface area contributed by atoms with Crippen LogP contribution in [0.5, 0.6) is 0 Å². The second-order valence-corrected chi connectivity index (χ2v) is 4.91. The summed E-state index contributed by atoms with van der Waals surface area (Å²) in [4.78, 5) is 11.8. The molecular weight excluding hydrogens is 244 g/mol. The minimum atomic E-state index is 0.177. The monoisotopic (exact) mass is 264 g/mol. The summed E-state index contributed by atoms with van der Waals surface area (Å²) in [5.74, 6) is 0.177. The van der Waals surface area contributed by atoms with E-state index in [9.17, 15) is 4.79 Å². The van der Waals surface area contributed by atoms with Crippen LogP contribution in [0.15, 0.2) is 72.8 Å². The number of allylic oxidation sites excluding steroid dienone is 2. The summed E-state index contributed by atoms with van der Waals surface area (Å²) in [6.45, 7) is 0. The van der Waals surface area contributed by atoms with Gasteiger partial charge in [0.05, 0.1) is 0 Å². The van der Waals surface area contributed by atoms with Gasteiger partial charge in [0.2, 0.25) is 0 Å². The zero-order chi connectivity index (χ0) is 14.0. The highest BCUT2D eigenvalue weighted by Gasteiger charge is 1.98. The van der Waals surface area contributed by atoms with Gasteiger partial charge in [-0.15, -0.1) is 0 Å². The summed E-state index contributed by atoms with van der Waals surface area (Å²) in [7, 11) is 0. The average molecular weight is 264 g/mol. The first-order valence-corrected chi connectivity index (χ1v) is 7.12. The SMILES string of the molecule is O=C(/C=C/CCCc1ccccc1)Cc1ccccc1. The van der Waals surface area contributed by atoms with Crippen molar-refractivity contribution in [3.05, 3.63) is 83.9 Å². The molecule has 0 spiro atoms. The molecule has 0 saturated carbocycles. The number of benzene rings is 2. The average Bonchev–Trinajstić information content (AvgIpc) is 2.49. The zero-order valence-electron chi connectivity index (χ0n) is 11.7. The predicted octanol–water partition coefficient (Wildman–Crippen LogP) is 4.38. The molecule has 0 bridgehead atoms. The summed E-state index contributed by atoms with van der Waals surface area (Å²) < 4.78 is 0. The molecule has 2 aromatic carbocycles. The Hall–Kier alpha value is -2.15. The highest BCUT2D eigenvalue weighted by Crippen LogP contribution is 2.05. The molecule has 0 aliphatic carbocycles. The number of unbranched alkanes of at least 4 members (excludes halogenated alkanes) is 1. The Morgan fingerprint density at radius 3 is 2.10 bits per heavy atom. The van der Waals surface area contributed by atoms with Crippen molar-refractivity contribution >= 4 is 5.78 Å². The van der Waals surface area contributed by atoms with Crippen LogP contribution in [0.25, 0.3) is 0 Å². The van der Waals surface area contributed by atoms with E-state index in [4.69, 9.17) is 0 Å². The third kappa shape index (κ3) is 5.23. The van der Waals surface area contributed by atoms with Gasteiger partial charge in [-0.3, -0.25) is 4.79 Å². The summed E-state index contributed by atoms with van der Waals surface area (Å²) in [6.07, 6.45) is 7.31. The molecule has 0 radical (unpaired) electrons. The lowest BCUT2D eigenvalue weighted by atomic mass is 10.1. The highest BCUT2D eigenvalue weighted by molar-refractivity contribution is 5.91. The van der Waals surface area contributed by atoms with Crippen LogP contribution in [0.1, 0.15) is 24.0 Å². The zero-order valence-corrected chi connectivity index (χ0v) is 11.7. The van der Waals surface area contributed by atoms with Crippen LogP contribution in [0.2, 0.25) is 0 Å². The molecule has 102 valence electrons. The summed E-state index contributed by atoms with van der Waals surface area (Å²) >= 11 is 0. The Labute approximate surface area is 121 Å². The Morgan fingerprint density at radius 2 is 1.45 bits per heavy atom. The number of ketones is 1. The van der Waals surface area contributed by atoms with E-state index in [1.54, 1.807) is 6.08 Å². The van der Waals surface area contributed by atoms with Crippen LogP contribution in [0.3, 0.4) is 0 Å². The Kier molecular flexibility index (Phi) is 5.78. The fourth-order valence-electron chi connectivity index (χ4n) is 2.14. The Bertz CT molecular complexity index is 540. The molecule has 0 atom stereocenters. The van der Waals surface area contributed by atoms with Crippen LogP contribution in [-0.4, -0.2) is 5.78 Å². The van der Waals surface area contributed by atoms with Crippen LogP contribution in [0, 0.1) is 0 Å². The molecule has 0 aliphatic heterocycles. The van der Waals surface area contributed by atoms with Crippen molar-refractivity contribution in [2.24, 2.45) is 0 Å². The normalized spacial score (nSPS) is 10.8. The molecule has 0 N–H and O–H groups in total. The van der Waals surface area contributed by atoms with Crippen molar-refractivity contribution < 1.29 is 4.79 Å². The minimum Gasteiger partial charge on any atom is -0.294 e. The van der Waals surface area contributed by atoms with Gasteiger partial charge >= 0.3 is 0 Å². The molecule has 20 heavy (non-hydrogen) atoms. The maximum Gasteiger partial charge on any atom is 0.159 e. The molecule has 2 aromatic rings. The standard InChI is InChI=1S/C19H20O/c20-19(16-18-13-7-2-8-14-18)15-9-3-6-12-17-10-4-1-5-11-17/h1-2,4-5,7-11,13-15H,3,6,12,16H2/b15-9+. The summed E-state index contributed by atoms with van der Waals surface area (Å²) in [6, 6.07) is 20.3. The number of hydrogen-bond donors (Lipinski definition) is 0. The first kappa shape index (κ1) is 14.3. The fraction of sp³-hybridized carbons (Fsp3) is 0.211. The van der Waals surface area contributed by atoms with Gasteiger partial charge in [0.25, 0.3) is 0 Å². The largest absolute Gasteiger partial charge is 0.294 e. The maximum absolute atomic E-state index is 11.8. The van der Waals surface area contributed by atoms with Gasteiger partial charge in [0.1, 0.15) is 0 Å². The number of carbonyl (C=O) groups is 1. The number of hydrogen-bond acceptors (Lipinski definition) is 1. The molecule has 0 heterocycles. The fourth-order valence-corrected chi connectivity index (χ4v) is 2.14. The van der Waals surface area contributed by atoms with Crippen molar-refractivity contribution in [2.75, 3.05) is 0 Å². The molecule has 0 aliphatic rings. The van der Waals surface area contributed by atoms with Gasteiger partial charge in [-0.2, -0.15) is 0 Å². The van der Waals surface area contributed by atoms with Crippen LogP contribution in [0.4, 0.5) is 0 Å². The van der Waals surface area contributed by atoms with Crippen molar-refractivity contribution in [1.82, 2.24) is 0 Å². The van der Waals surface area contributed by atoms with E-state index in [-0.39, 0.29) is 5.78 Å². The predicted molar refractivity (Wildman–Crippen MR) is 83.7 cm³/mol. The van der Waals surface area contributed by atoms with Crippen LogP contribution in [-0.2, 0) is 17.6 Å². The molecule has 0 aromatic heterocycles. The molecule has 2 rings (SSSR count). The van der Waals surface area contributed by atoms with Crippen LogP contribution < -0.4 is 0 Å². The number of rotatable bonds is 7. The lowest BCUT2D eigenvalue weighted by Crippen LogP contribution is -1.97. The lowest BCUT2D eigenvalue weighted by molar-refractivity contribution is -0.114.